The largest absolute Gasteiger partial charge is 0.307 e. The van der Waals surface area contributed by atoms with Gasteiger partial charge in [-0.15, -0.1) is 0 Å². The van der Waals surface area contributed by atoms with Crippen molar-refractivity contribution in [2.24, 2.45) is 11.8 Å². The van der Waals surface area contributed by atoms with Crippen molar-refractivity contribution in [3.05, 3.63) is 29.1 Å². The Morgan fingerprint density at radius 2 is 2.15 bits per heavy atom. The molecule has 1 amide bonds. The first-order chi connectivity index (χ1) is 13.1. The molecule has 146 valence electrons. The van der Waals surface area contributed by atoms with Crippen LogP contribution in [0.1, 0.15) is 67.1 Å². The third-order valence-electron chi connectivity index (χ3n) is 7.49. The molecule has 4 heterocycles. The number of nitrogens with one attached hydrogen (secondary N) is 2. The summed E-state index contributed by atoms with van der Waals surface area (Å²) in [5.41, 5.74) is 4.67. The Hall–Kier alpha value is -1.50. The zero-order valence-corrected chi connectivity index (χ0v) is 16.1. The van der Waals surface area contributed by atoms with Gasteiger partial charge in [0, 0.05) is 49.0 Å². The monoisotopic (exact) mass is 370 g/mol. The molecule has 2 saturated carbocycles. The van der Waals surface area contributed by atoms with Gasteiger partial charge in [0.25, 0.3) is 5.91 Å². The Morgan fingerprint density at radius 1 is 1.37 bits per heavy atom. The van der Waals surface area contributed by atoms with Gasteiger partial charge in [-0.25, -0.2) is 5.48 Å². The van der Waals surface area contributed by atoms with Crippen molar-refractivity contribution in [3.8, 4) is 0 Å². The van der Waals surface area contributed by atoms with E-state index in [0.717, 1.165) is 55.1 Å². The minimum absolute atomic E-state index is 0.285. The highest BCUT2D eigenvalue weighted by atomic mass is 16.5. The molecule has 0 radical (unpaired) electrons. The molecule has 6 nitrogen and oxygen atoms in total. The summed E-state index contributed by atoms with van der Waals surface area (Å²) in [7, 11) is 0. The smallest absolute Gasteiger partial charge is 0.276 e. The number of fused-ring (bicyclic) bond motifs is 1. The van der Waals surface area contributed by atoms with Gasteiger partial charge in [0.2, 0.25) is 0 Å². The average molecular weight is 370 g/mol. The molecule has 2 saturated heterocycles. The molecule has 3 aliphatic heterocycles. The van der Waals surface area contributed by atoms with Crippen LogP contribution in [-0.4, -0.2) is 45.2 Å². The highest BCUT2D eigenvalue weighted by molar-refractivity contribution is 5.93. The molecule has 3 atom stereocenters. The normalized spacial score (nSPS) is 37.3. The number of amides is 1. The Labute approximate surface area is 160 Å². The Morgan fingerprint density at radius 3 is 2.81 bits per heavy atom. The Kier molecular flexibility index (Phi) is 4.26. The first kappa shape index (κ1) is 17.6. The summed E-state index contributed by atoms with van der Waals surface area (Å²) in [6.45, 7) is 4.21. The van der Waals surface area contributed by atoms with E-state index in [9.17, 15) is 4.79 Å². The van der Waals surface area contributed by atoms with Crippen molar-refractivity contribution in [1.29, 1.82) is 0 Å². The van der Waals surface area contributed by atoms with Crippen molar-refractivity contribution in [2.45, 2.75) is 76.0 Å². The Balaban J connectivity index is 1.39. The van der Waals surface area contributed by atoms with Gasteiger partial charge in [0.05, 0.1) is 5.56 Å². The topological polar surface area (TPSA) is 77.5 Å². The van der Waals surface area contributed by atoms with E-state index < -0.39 is 5.91 Å². The first-order valence-electron chi connectivity index (χ1n) is 10.5. The van der Waals surface area contributed by atoms with Crippen molar-refractivity contribution < 1.29 is 10.0 Å². The standard InChI is InChI=1S/C21H30N4O2/c1-2-18-7-19-16(6-15(10-22-19)20(26)24-27)11-25(18)12-21-8-13-3-14(9-21)5-17(4-13)23-21/h6,10,13-14,17-18,23,27H,2-5,7-9,11-12H2,1H3,(H,24,26)/t13?,14?,17?,18-,21?/m1/s1. The minimum Gasteiger partial charge on any atom is -0.307 e. The SMILES string of the molecule is CC[C@@H]1Cc2ncc(C(=O)NO)cc2CN1CC12CC3CC(CC(C3)N1)C2. The van der Waals surface area contributed by atoms with Crippen molar-refractivity contribution in [3.63, 3.8) is 0 Å². The number of aromatic nitrogens is 1. The van der Waals surface area contributed by atoms with Crippen LogP contribution in [0.3, 0.4) is 0 Å². The number of carbonyl (C=O) groups excluding carboxylic acids is 1. The molecular weight excluding hydrogens is 340 g/mol. The van der Waals surface area contributed by atoms with E-state index in [1.807, 2.05) is 6.07 Å². The summed E-state index contributed by atoms with van der Waals surface area (Å²) in [6.07, 6.45) is 10.5. The van der Waals surface area contributed by atoms with E-state index in [0.29, 0.717) is 11.6 Å². The number of carbonyl (C=O) groups is 1. The molecular formula is C21H30N4O2. The molecule has 2 aliphatic carbocycles. The van der Waals surface area contributed by atoms with Crippen LogP contribution in [0.25, 0.3) is 0 Å². The van der Waals surface area contributed by atoms with Crippen molar-refractivity contribution in [2.75, 3.05) is 6.54 Å². The molecule has 2 unspecified atom stereocenters. The van der Waals surface area contributed by atoms with Gasteiger partial charge in [-0.2, -0.15) is 0 Å². The fourth-order valence-corrected chi connectivity index (χ4v) is 6.65. The predicted molar refractivity (Wildman–Crippen MR) is 101 cm³/mol. The lowest BCUT2D eigenvalue weighted by atomic mass is 9.59. The van der Waals surface area contributed by atoms with Gasteiger partial charge >= 0.3 is 0 Å². The van der Waals surface area contributed by atoms with Gasteiger partial charge in [0.15, 0.2) is 0 Å². The maximum atomic E-state index is 11.8. The summed E-state index contributed by atoms with van der Waals surface area (Å²) < 4.78 is 0. The third-order valence-corrected chi connectivity index (χ3v) is 7.49. The fourth-order valence-electron chi connectivity index (χ4n) is 6.65. The van der Waals surface area contributed by atoms with Gasteiger partial charge in [0.1, 0.15) is 0 Å². The maximum absolute atomic E-state index is 11.8. The summed E-state index contributed by atoms with van der Waals surface area (Å²) in [5, 5.41) is 12.9. The molecule has 6 heteroatoms. The van der Waals surface area contributed by atoms with Crippen LogP contribution in [-0.2, 0) is 13.0 Å². The molecule has 1 aromatic heterocycles. The third kappa shape index (κ3) is 3.08. The number of hydrogen-bond acceptors (Lipinski definition) is 5. The molecule has 6 rings (SSSR count). The van der Waals surface area contributed by atoms with Gasteiger partial charge < -0.3 is 5.32 Å². The maximum Gasteiger partial charge on any atom is 0.276 e. The summed E-state index contributed by atoms with van der Waals surface area (Å²) in [5.74, 6) is 1.35. The molecule has 0 spiro atoms. The number of hydrogen-bond donors (Lipinski definition) is 3. The highest BCUT2D eigenvalue weighted by Crippen LogP contribution is 2.50. The van der Waals surface area contributed by atoms with Crippen LogP contribution in [0.4, 0.5) is 0 Å². The fraction of sp³-hybridized carbons (Fsp3) is 0.714. The predicted octanol–water partition coefficient (Wildman–Crippen LogP) is 2.26. The van der Waals surface area contributed by atoms with E-state index in [1.54, 1.807) is 11.7 Å². The van der Waals surface area contributed by atoms with E-state index in [4.69, 9.17) is 5.21 Å². The van der Waals surface area contributed by atoms with Gasteiger partial charge in [-0.05, 0) is 62.0 Å². The lowest BCUT2D eigenvalue weighted by molar-refractivity contribution is -0.0309. The van der Waals surface area contributed by atoms with E-state index in [2.05, 4.69) is 22.1 Å². The zero-order chi connectivity index (χ0) is 18.6. The molecule has 5 aliphatic rings. The van der Waals surface area contributed by atoms with Gasteiger partial charge in [-0.1, -0.05) is 6.92 Å². The van der Waals surface area contributed by atoms with Crippen molar-refractivity contribution in [1.82, 2.24) is 20.7 Å². The summed E-state index contributed by atoms with van der Waals surface area (Å²) in [4.78, 5) is 18.9. The minimum atomic E-state index is -0.489. The molecule has 27 heavy (non-hydrogen) atoms. The molecule has 4 bridgehead atoms. The number of hydroxylamine groups is 1. The van der Waals surface area contributed by atoms with Crippen molar-refractivity contribution >= 4 is 5.91 Å². The molecule has 3 N–H and O–H groups in total. The summed E-state index contributed by atoms with van der Waals surface area (Å²) in [6, 6.07) is 3.15. The summed E-state index contributed by atoms with van der Waals surface area (Å²) >= 11 is 0. The highest BCUT2D eigenvalue weighted by Gasteiger charge is 2.51. The van der Waals surface area contributed by atoms with Crippen LogP contribution < -0.4 is 10.8 Å². The average Bonchev–Trinajstić information content (AvgIpc) is 2.65. The van der Waals surface area contributed by atoms with E-state index in [-0.39, 0.29) is 5.54 Å². The second-order valence-electron chi connectivity index (χ2n) is 9.41. The van der Waals surface area contributed by atoms with Crippen LogP contribution in [0.15, 0.2) is 12.3 Å². The van der Waals surface area contributed by atoms with Crippen LogP contribution in [0, 0.1) is 11.8 Å². The van der Waals surface area contributed by atoms with Crippen LogP contribution in [0.5, 0.6) is 0 Å². The molecule has 4 fully saturated rings. The number of rotatable bonds is 4. The molecule has 1 aromatic rings. The van der Waals surface area contributed by atoms with E-state index >= 15 is 0 Å². The quantitative estimate of drug-likeness (QED) is 0.560. The zero-order valence-electron chi connectivity index (χ0n) is 16.1. The van der Waals surface area contributed by atoms with E-state index in [1.165, 1.54) is 32.1 Å². The van der Waals surface area contributed by atoms with Crippen LogP contribution >= 0.6 is 0 Å². The number of piperidine rings is 2. The van der Waals surface area contributed by atoms with Crippen LogP contribution in [0.2, 0.25) is 0 Å². The van der Waals surface area contributed by atoms with Gasteiger partial charge in [-0.3, -0.25) is 19.9 Å². The second kappa shape index (κ2) is 6.54. The Bertz CT molecular complexity index is 714. The first-order valence-corrected chi connectivity index (χ1v) is 10.5. The number of nitrogens with zero attached hydrogens (tertiary/aromatic N) is 2. The lowest BCUT2D eigenvalue weighted by Crippen LogP contribution is -2.68. The molecule has 0 aromatic carbocycles. The lowest BCUT2D eigenvalue weighted by Gasteiger charge is -2.59. The second-order valence-corrected chi connectivity index (χ2v) is 9.41. The number of pyridine rings is 1.